The third-order valence-corrected chi connectivity index (χ3v) is 5.31. The highest BCUT2D eigenvalue weighted by molar-refractivity contribution is 5.17. The fourth-order valence-corrected chi connectivity index (χ4v) is 4.20. The molecule has 5 heteroatoms. The van der Waals surface area contributed by atoms with Crippen LogP contribution < -0.4 is 0 Å². The van der Waals surface area contributed by atoms with Crippen molar-refractivity contribution in [2.45, 2.75) is 50.6 Å². The maximum Gasteiger partial charge on any atom is 0.138 e. The van der Waals surface area contributed by atoms with Crippen molar-refractivity contribution in [1.29, 1.82) is 0 Å². The van der Waals surface area contributed by atoms with Crippen LogP contribution in [0.4, 0.5) is 4.39 Å². The molecule has 0 radical (unpaired) electrons. The van der Waals surface area contributed by atoms with Crippen molar-refractivity contribution in [2.75, 3.05) is 13.1 Å². The van der Waals surface area contributed by atoms with Crippen LogP contribution >= 0.6 is 0 Å². The van der Waals surface area contributed by atoms with Crippen LogP contribution in [0.15, 0.2) is 30.6 Å². The first-order valence-corrected chi connectivity index (χ1v) is 8.67. The van der Waals surface area contributed by atoms with E-state index >= 15 is 0 Å². The molecular formula is C18H23FN4. The van der Waals surface area contributed by atoms with Gasteiger partial charge in [-0.15, -0.1) is 0 Å². The number of hydrogen-bond donors (Lipinski definition) is 0. The van der Waals surface area contributed by atoms with E-state index in [-0.39, 0.29) is 5.82 Å². The van der Waals surface area contributed by atoms with E-state index in [9.17, 15) is 4.39 Å². The second-order valence-electron chi connectivity index (χ2n) is 6.75. The molecule has 0 N–H and O–H groups in total. The smallest absolute Gasteiger partial charge is 0.138 e. The molecule has 0 unspecified atom stereocenters. The Labute approximate surface area is 136 Å². The first-order valence-electron chi connectivity index (χ1n) is 8.67. The van der Waals surface area contributed by atoms with Crippen LogP contribution in [0.2, 0.25) is 0 Å². The minimum Gasteiger partial charge on any atom is -0.300 e. The van der Waals surface area contributed by atoms with Gasteiger partial charge in [-0.05, 0) is 56.5 Å². The molecule has 4 rings (SSSR count). The van der Waals surface area contributed by atoms with Crippen molar-refractivity contribution in [3.8, 4) is 0 Å². The zero-order chi connectivity index (χ0) is 15.6. The zero-order valence-electron chi connectivity index (χ0n) is 13.4. The molecule has 0 aliphatic carbocycles. The Balaban J connectivity index is 1.57. The number of fused-ring (bicyclic) bond motifs is 1. The van der Waals surface area contributed by atoms with Crippen LogP contribution in [0.3, 0.4) is 0 Å². The van der Waals surface area contributed by atoms with Gasteiger partial charge in [-0.1, -0.05) is 18.6 Å². The van der Waals surface area contributed by atoms with Crippen LogP contribution in [0, 0.1) is 5.82 Å². The van der Waals surface area contributed by atoms with Crippen molar-refractivity contribution in [3.63, 3.8) is 0 Å². The van der Waals surface area contributed by atoms with Crippen molar-refractivity contribution in [1.82, 2.24) is 19.7 Å². The number of benzene rings is 1. The third-order valence-electron chi connectivity index (χ3n) is 5.31. The second kappa shape index (κ2) is 6.40. The number of hydrogen-bond acceptors (Lipinski definition) is 3. The van der Waals surface area contributed by atoms with E-state index in [1.54, 1.807) is 6.33 Å². The Bertz CT molecular complexity index is 649. The molecule has 1 aromatic heterocycles. The number of nitrogens with zero attached hydrogens (tertiary/aromatic N) is 4. The predicted molar refractivity (Wildman–Crippen MR) is 86.7 cm³/mol. The highest BCUT2D eigenvalue weighted by Crippen LogP contribution is 2.36. The molecule has 2 atom stereocenters. The van der Waals surface area contributed by atoms with Gasteiger partial charge in [0, 0.05) is 12.0 Å². The Kier molecular flexibility index (Phi) is 4.12. The molecule has 122 valence electrons. The minimum atomic E-state index is -0.197. The molecule has 0 bridgehead atoms. The second-order valence-corrected chi connectivity index (χ2v) is 6.75. The summed E-state index contributed by atoms with van der Waals surface area (Å²) in [6.45, 7) is 3.12. The van der Waals surface area contributed by atoms with Crippen LogP contribution in [-0.4, -0.2) is 38.8 Å². The molecule has 2 saturated heterocycles. The first kappa shape index (κ1) is 14.8. The van der Waals surface area contributed by atoms with Gasteiger partial charge in [-0.3, -0.25) is 4.90 Å². The van der Waals surface area contributed by atoms with Gasteiger partial charge < -0.3 is 0 Å². The predicted octanol–water partition coefficient (Wildman–Crippen LogP) is 3.20. The summed E-state index contributed by atoms with van der Waals surface area (Å²) in [4.78, 5) is 7.24. The van der Waals surface area contributed by atoms with E-state index in [0.29, 0.717) is 18.5 Å². The maximum atomic E-state index is 13.1. The largest absolute Gasteiger partial charge is 0.300 e. The summed E-state index contributed by atoms with van der Waals surface area (Å²) in [5.74, 6) is 1.38. The summed E-state index contributed by atoms with van der Waals surface area (Å²) in [7, 11) is 0. The summed E-state index contributed by atoms with van der Waals surface area (Å²) in [5.41, 5.74) is 1.06. The third kappa shape index (κ3) is 3.02. The summed E-state index contributed by atoms with van der Waals surface area (Å²) >= 11 is 0. The fraction of sp³-hybridized carbons (Fsp3) is 0.556. The normalized spacial score (nSPS) is 25.3. The molecule has 2 fully saturated rings. The van der Waals surface area contributed by atoms with Gasteiger partial charge in [0.15, 0.2) is 0 Å². The Morgan fingerprint density at radius 3 is 2.74 bits per heavy atom. The molecular weight excluding hydrogens is 291 g/mol. The average molecular weight is 314 g/mol. The van der Waals surface area contributed by atoms with E-state index in [2.05, 4.69) is 15.0 Å². The molecule has 0 amide bonds. The van der Waals surface area contributed by atoms with Gasteiger partial charge in [-0.25, -0.2) is 14.1 Å². The fourth-order valence-electron chi connectivity index (χ4n) is 4.20. The molecule has 0 saturated carbocycles. The van der Waals surface area contributed by atoms with Gasteiger partial charge in [0.05, 0.1) is 6.54 Å². The van der Waals surface area contributed by atoms with Gasteiger partial charge in [0.25, 0.3) is 0 Å². The summed E-state index contributed by atoms with van der Waals surface area (Å²) in [5, 5.41) is 4.44. The van der Waals surface area contributed by atoms with Crippen molar-refractivity contribution in [2.24, 2.45) is 0 Å². The van der Waals surface area contributed by atoms with E-state index in [0.717, 1.165) is 11.4 Å². The molecule has 2 aliphatic rings. The topological polar surface area (TPSA) is 34.0 Å². The molecule has 1 aromatic carbocycles. The highest BCUT2D eigenvalue weighted by Gasteiger charge is 2.36. The van der Waals surface area contributed by atoms with Crippen molar-refractivity contribution in [3.05, 3.63) is 47.8 Å². The maximum absolute atomic E-state index is 13.1. The lowest BCUT2D eigenvalue weighted by Crippen LogP contribution is -2.47. The zero-order valence-corrected chi connectivity index (χ0v) is 13.4. The number of rotatable bonds is 3. The van der Waals surface area contributed by atoms with Gasteiger partial charge in [0.1, 0.15) is 18.0 Å². The van der Waals surface area contributed by atoms with E-state index in [4.69, 9.17) is 0 Å². The first-order chi connectivity index (χ1) is 11.3. The molecule has 4 nitrogen and oxygen atoms in total. The van der Waals surface area contributed by atoms with Crippen LogP contribution in [0.25, 0.3) is 0 Å². The van der Waals surface area contributed by atoms with Crippen LogP contribution in [-0.2, 0) is 6.54 Å². The van der Waals surface area contributed by atoms with E-state index in [1.165, 1.54) is 57.3 Å². The van der Waals surface area contributed by atoms with Crippen LogP contribution in [0.1, 0.15) is 49.4 Å². The van der Waals surface area contributed by atoms with Crippen LogP contribution in [0.5, 0.6) is 0 Å². The number of piperidine rings is 2. The standard InChI is InChI=1S/C18H23FN4/c19-15-8-6-14(7-9-15)12-23-18(20-13-21-23)16-4-3-11-22-10-2-1-5-17(16)22/h6-9,13,16-17H,1-5,10-12H2/t16-,17-/m1/s1. The highest BCUT2D eigenvalue weighted by atomic mass is 19.1. The average Bonchev–Trinajstić information content (AvgIpc) is 3.04. The van der Waals surface area contributed by atoms with Crippen molar-refractivity contribution < 1.29 is 4.39 Å². The van der Waals surface area contributed by atoms with E-state index in [1.807, 2.05) is 16.8 Å². The van der Waals surface area contributed by atoms with Crippen molar-refractivity contribution >= 4 is 0 Å². The SMILES string of the molecule is Fc1ccc(Cn2ncnc2[C@@H]2CCCN3CCCC[C@H]23)cc1. The van der Waals surface area contributed by atoms with Gasteiger partial charge >= 0.3 is 0 Å². The van der Waals surface area contributed by atoms with Gasteiger partial charge in [-0.2, -0.15) is 5.10 Å². The quantitative estimate of drug-likeness (QED) is 0.872. The lowest BCUT2D eigenvalue weighted by atomic mass is 9.83. The summed E-state index contributed by atoms with van der Waals surface area (Å²) < 4.78 is 15.1. The summed E-state index contributed by atoms with van der Waals surface area (Å²) in [6, 6.07) is 7.29. The molecule has 2 aliphatic heterocycles. The lowest BCUT2D eigenvalue weighted by molar-refractivity contribution is 0.0850. The Morgan fingerprint density at radius 1 is 1.04 bits per heavy atom. The monoisotopic (exact) mass is 314 g/mol. The minimum absolute atomic E-state index is 0.197. The summed E-state index contributed by atoms with van der Waals surface area (Å²) in [6.07, 6.45) is 8.03. The van der Waals surface area contributed by atoms with Gasteiger partial charge in [0.2, 0.25) is 0 Å². The molecule has 3 heterocycles. The number of aromatic nitrogens is 3. The number of halogens is 1. The lowest BCUT2D eigenvalue weighted by Gasteiger charge is -2.43. The Morgan fingerprint density at radius 2 is 1.87 bits per heavy atom. The Hall–Kier alpha value is -1.75. The molecule has 2 aromatic rings. The van der Waals surface area contributed by atoms with E-state index < -0.39 is 0 Å². The molecule has 23 heavy (non-hydrogen) atoms. The molecule has 0 spiro atoms.